The molecular weight excluding hydrogens is 655 g/mol. The molecule has 0 atom stereocenters. The van der Waals surface area contributed by atoms with Gasteiger partial charge in [-0.3, -0.25) is 0 Å². The molecule has 0 radical (unpaired) electrons. The molecule has 250 valence electrons. The van der Waals surface area contributed by atoms with Gasteiger partial charge in [0.15, 0.2) is 17.5 Å². The molecule has 3 heteroatoms. The summed E-state index contributed by atoms with van der Waals surface area (Å²) in [5.74, 6) is 1.93. The van der Waals surface area contributed by atoms with Crippen molar-refractivity contribution in [2.75, 3.05) is 0 Å². The molecule has 0 fully saturated rings. The van der Waals surface area contributed by atoms with Gasteiger partial charge in [-0.05, 0) is 76.8 Å². The summed E-state index contributed by atoms with van der Waals surface area (Å²) in [7, 11) is 0. The van der Waals surface area contributed by atoms with Crippen LogP contribution in [0.1, 0.15) is 0 Å². The van der Waals surface area contributed by atoms with E-state index in [9.17, 15) is 0 Å². The SMILES string of the molecule is c1ccc(-c2nc(-c3ccc(-c4ccc5ccc6cccc7ccc4c5c67)c4ccccc34)nc(-c3cccc4cccc(-c5ccccc5)c34)n2)cc1. The van der Waals surface area contributed by atoms with E-state index in [-0.39, 0.29) is 0 Å². The van der Waals surface area contributed by atoms with E-state index in [1.807, 2.05) is 18.2 Å². The fraction of sp³-hybridized carbons (Fsp3) is 0. The molecule has 1 aromatic heterocycles. The molecule has 1 heterocycles. The Labute approximate surface area is 312 Å². The van der Waals surface area contributed by atoms with Crippen molar-refractivity contribution < 1.29 is 0 Å². The molecule has 0 aliphatic carbocycles. The Morgan fingerprint density at radius 2 is 0.685 bits per heavy atom. The molecule has 11 aromatic rings. The smallest absolute Gasteiger partial charge is 0.164 e. The number of rotatable bonds is 5. The lowest BCUT2D eigenvalue weighted by atomic mass is 9.87. The van der Waals surface area contributed by atoms with E-state index in [1.54, 1.807) is 0 Å². The van der Waals surface area contributed by atoms with Crippen molar-refractivity contribution in [2.24, 2.45) is 0 Å². The van der Waals surface area contributed by atoms with E-state index < -0.39 is 0 Å². The third kappa shape index (κ3) is 4.79. The predicted molar refractivity (Wildman–Crippen MR) is 226 cm³/mol. The van der Waals surface area contributed by atoms with Crippen LogP contribution in [0, 0.1) is 0 Å². The first-order valence-electron chi connectivity index (χ1n) is 18.4. The third-order valence-electron chi connectivity index (χ3n) is 10.9. The van der Waals surface area contributed by atoms with Crippen molar-refractivity contribution in [2.45, 2.75) is 0 Å². The number of fused-ring (bicyclic) bond motifs is 2. The van der Waals surface area contributed by atoms with Crippen LogP contribution in [-0.4, -0.2) is 15.0 Å². The minimum absolute atomic E-state index is 0.643. The first kappa shape index (κ1) is 30.4. The summed E-state index contributed by atoms with van der Waals surface area (Å²) in [6.45, 7) is 0. The Kier molecular flexibility index (Phi) is 6.86. The molecule has 0 unspecified atom stereocenters. The van der Waals surface area contributed by atoms with Gasteiger partial charge in [-0.25, -0.2) is 15.0 Å². The monoisotopic (exact) mass is 685 g/mol. The number of aromatic nitrogens is 3. The van der Waals surface area contributed by atoms with Crippen molar-refractivity contribution in [3.63, 3.8) is 0 Å². The van der Waals surface area contributed by atoms with Gasteiger partial charge in [-0.15, -0.1) is 0 Å². The highest BCUT2D eigenvalue weighted by atomic mass is 15.0. The summed E-state index contributed by atoms with van der Waals surface area (Å²) in [6.07, 6.45) is 0. The summed E-state index contributed by atoms with van der Waals surface area (Å²) in [5, 5.41) is 12.2. The molecule has 54 heavy (non-hydrogen) atoms. The predicted octanol–water partition coefficient (Wildman–Crippen LogP) is 13.4. The minimum atomic E-state index is 0.643. The summed E-state index contributed by atoms with van der Waals surface area (Å²) >= 11 is 0. The Bertz CT molecular complexity index is 3180. The molecule has 0 aliphatic rings. The molecule has 10 aromatic carbocycles. The first-order valence-corrected chi connectivity index (χ1v) is 18.4. The highest BCUT2D eigenvalue weighted by Crippen LogP contribution is 2.43. The molecule has 0 aliphatic heterocycles. The fourth-order valence-corrected chi connectivity index (χ4v) is 8.42. The zero-order chi connectivity index (χ0) is 35.6. The quantitative estimate of drug-likeness (QED) is 0.169. The van der Waals surface area contributed by atoms with Crippen molar-refractivity contribution >= 4 is 53.9 Å². The average molecular weight is 686 g/mol. The van der Waals surface area contributed by atoms with E-state index in [0.717, 1.165) is 49.4 Å². The van der Waals surface area contributed by atoms with Gasteiger partial charge in [0.2, 0.25) is 0 Å². The van der Waals surface area contributed by atoms with Gasteiger partial charge in [0.1, 0.15) is 0 Å². The lowest BCUT2D eigenvalue weighted by Gasteiger charge is -2.17. The van der Waals surface area contributed by atoms with Crippen LogP contribution in [0.2, 0.25) is 0 Å². The number of benzene rings is 10. The second-order valence-electron chi connectivity index (χ2n) is 13.9. The standard InChI is InChI=1S/C51H31N3/c1-3-12-32(13-4-1)38-22-10-18-33-19-11-23-45(47(33)38)51-53-49(37-14-5-2-6-15-37)52-50(54-51)44-31-30-41(39-20-7-8-21-40(39)44)42-28-26-36-25-24-34-16-9-17-35-27-29-43(42)48(36)46(34)35/h1-31H. The fourth-order valence-electron chi connectivity index (χ4n) is 8.42. The van der Waals surface area contributed by atoms with E-state index >= 15 is 0 Å². The summed E-state index contributed by atoms with van der Waals surface area (Å²) in [6, 6.07) is 66.9. The van der Waals surface area contributed by atoms with Crippen LogP contribution in [-0.2, 0) is 0 Å². The summed E-state index contributed by atoms with van der Waals surface area (Å²) in [5.41, 5.74) is 7.59. The first-order chi connectivity index (χ1) is 26.8. The van der Waals surface area contributed by atoms with Crippen LogP contribution in [0.15, 0.2) is 188 Å². The van der Waals surface area contributed by atoms with Crippen molar-refractivity contribution in [3.05, 3.63) is 188 Å². The zero-order valence-electron chi connectivity index (χ0n) is 29.2. The molecule has 11 rings (SSSR count). The van der Waals surface area contributed by atoms with E-state index in [0.29, 0.717) is 17.5 Å². The molecule has 0 bridgehead atoms. The van der Waals surface area contributed by atoms with E-state index in [1.165, 1.54) is 43.4 Å². The average Bonchev–Trinajstić information content (AvgIpc) is 3.25. The third-order valence-corrected chi connectivity index (χ3v) is 10.9. The molecule has 0 saturated heterocycles. The Morgan fingerprint density at radius 1 is 0.222 bits per heavy atom. The second kappa shape index (κ2) is 12.2. The number of nitrogens with zero attached hydrogens (tertiary/aromatic N) is 3. The van der Waals surface area contributed by atoms with Crippen molar-refractivity contribution in [3.8, 4) is 56.4 Å². The molecule has 3 nitrogen and oxygen atoms in total. The van der Waals surface area contributed by atoms with Gasteiger partial charge in [-0.2, -0.15) is 0 Å². The van der Waals surface area contributed by atoms with E-state index in [4.69, 9.17) is 15.0 Å². The molecular formula is C51H31N3. The number of hydrogen-bond donors (Lipinski definition) is 0. The van der Waals surface area contributed by atoms with Gasteiger partial charge in [0.25, 0.3) is 0 Å². The van der Waals surface area contributed by atoms with Crippen LogP contribution in [0.4, 0.5) is 0 Å². The maximum atomic E-state index is 5.32. The summed E-state index contributed by atoms with van der Waals surface area (Å²) in [4.78, 5) is 15.7. The van der Waals surface area contributed by atoms with Gasteiger partial charge in [0, 0.05) is 22.1 Å². The van der Waals surface area contributed by atoms with Gasteiger partial charge >= 0.3 is 0 Å². The van der Waals surface area contributed by atoms with Gasteiger partial charge in [-0.1, -0.05) is 182 Å². The normalized spacial score (nSPS) is 11.7. The van der Waals surface area contributed by atoms with E-state index in [2.05, 4.69) is 170 Å². The Hall–Kier alpha value is -7.23. The lowest BCUT2D eigenvalue weighted by Crippen LogP contribution is -2.01. The molecule has 0 spiro atoms. The van der Waals surface area contributed by atoms with Gasteiger partial charge in [0.05, 0.1) is 0 Å². The Balaban J connectivity index is 1.15. The zero-order valence-corrected chi connectivity index (χ0v) is 29.2. The maximum absolute atomic E-state index is 5.32. The largest absolute Gasteiger partial charge is 0.208 e. The van der Waals surface area contributed by atoms with Crippen LogP contribution < -0.4 is 0 Å². The van der Waals surface area contributed by atoms with Crippen LogP contribution in [0.5, 0.6) is 0 Å². The van der Waals surface area contributed by atoms with Crippen LogP contribution in [0.3, 0.4) is 0 Å². The number of hydrogen-bond acceptors (Lipinski definition) is 3. The topological polar surface area (TPSA) is 38.7 Å². The van der Waals surface area contributed by atoms with Gasteiger partial charge < -0.3 is 0 Å². The van der Waals surface area contributed by atoms with Crippen LogP contribution in [0.25, 0.3) is 110 Å². The van der Waals surface area contributed by atoms with Crippen molar-refractivity contribution in [1.29, 1.82) is 0 Å². The minimum Gasteiger partial charge on any atom is -0.208 e. The highest BCUT2D eigenvalue weighted by molar-refractivity contribution is 6.26. The molecule has 0 saturated carbocycles. The molecule has 0 amide bonds. The van der Waals surface area contributed by atoms with Crippen molar-refractivity contribution in [1.82, 2.24) is 15.0 Å². The molecule has 0 N–H and O–H groups in total. The van der Waals surface area contributed by atoms with Crippen LogP contribution >= 0.6 is 0 Å². The maximum Gasteiger partial charge on any atom is 0.164 e. The second-order valence-corrected chi connectivity index (χ2v) is 13.9. The lowest BCUT2D eigenvalue weighted by molar-refractivity contribution is 1.08. The highest BCUT2D eigenvalue weighted by Gasteiger charge is 2.20. The summed E-state index contributed by atoms with van der Waals surface area (Å²) < 4.78 is 0. The Morgan fingerprint density at radius 3 is 1.41 bits per heavy atom.